The summed E-state index contributed by atoms with van der Waals surface area (Å²) in [5.74, 6) is 21.8. The standard InChI is InChI=1S/C21H20.C15H18.2C13H16.2C10H10.6C2H6.4Y/c1-3-13-4-2-6-17-20(13)16(5-1)19-11-14-9-12-7-8-15(14)18(10-12)21(17)19;1-2-4-13-11(3-1)9-12-7-10-5-6-14(12)15(13)8-10;1-8-5-11-6-10-3-4-12(11)13(7-10)9(8)2;1-2-9-5-11-7-10-3-4-13(11)12(6-9)8-10;1-5-6(2)10-7-3-4-8(10)9(5)7;1-2-6-5-9-7-3-4-8(9)10(6)7;6*1-2;;;;/h1-6,12,14-15,18H,7-11H2;1-4,10,12,14-15H,5-9H2;1-2,10-13H,3-7H2;1-2,10-13H,3-5,7-8H2;2*1-2,7-10H,3-4H2;6*1-2H3;;;;/q;;4*-2;;;;;;;;;;. The van der Waals surface area contributed by atoms with Crippen LogP contribution in [0.3, 0.4) is 0 Å². The summed E-state index contributed by atoms with van der Waals surface area (Å²) in [7, 11) is 0. The zero-order chi connectivity index (χ0) is 66.8. The molecule has 98 heavy (non-hydrogen) atoms. The van der Waals surface area contributed by atoms with E-state index in [1.807, 2.05) is 83.1 Å². The quantitative estimate of drug-likeness (QED) is 0.224. The second-order valence-corrected chi connectivity index (χ2v) is 31.3. The van der Waals surface area contributed by atoms with Crippen LogP contribution in [-0.2, 0) is 137 Å². The topological polar surface area (TPSA) is 0 Å². The Morgan fingerprint density at radius 2 is 0.837 bits per heavy atom. The Kier molecular flexibility index (Phi) is 33.7. The molecule has 21 fully saturated rings. The predicted octanol–water partition coefficient (Wildman–Crippen LogP) is 25.7. The summed E-state index contributed by atoms with van der Waals surface area (Å²) in [6.07, 6.45) is 44.8. The third-order valence-electron chi connectivity index (χ3n) is 28.2. The SMILES string of the molecule is CC.CC.CC.CC.CC.CC.[CH-]=C1C(=[CH-])C2C3CCC2C13.[CH-]=C1CC2CC3CCC2C(C3)C1=[CH-].[CH-]=CC1=[C-]C2C3CCC2C13.[CH-]=CC1=[C-]C2CC3CCC2C(C1)C3.[Y].[Y].[Y].[Y].c1cc2c3c(cccc3c1)C1=C2CC2CC3CCC2C1C3.c1ccc2c(c1)CC1CC3CCC1C2C3. The molecule has 3 aromatic rings. The third-order valence-corrected chi connectivity index (χ3v) is 28.2. The molecule has 27 aliphatic carbocycles. The molecule has 0 N–H and O–H groups in total. The van der Waals surface area contributed by atoms with E-state index in [4.69, 9.17) is 39.5 Å². The van der Waals surface area contributed by atoms with Crippen molar-refractivity contribution in [3.8, 4) is 0 Å². The minimum Gasteiger partial charge on any atom is -0.394 e. The van der Waals surface area contributed by atoms with Crippen LogP contribution in [0.5, 0.6) is 0 Å². The average Bonchev–Trinajstić information content (AvgIpc) is 1.54. The molecular weight excluding hydrogens is 1480 g/mol. The van der Waals surface area contributed by atoms with E-state index in [0.717, 1.165) is 153 Å². The number of fused-ring (bicyclic) bond motifs is 10. The van der Waals surface area contributed by atoms with Gasteiger partial charge in [0.25, 0.3) is 0 Å². The molecular formula is C94H126Y4-8. The summed E-state index contributed by atoms with van der Waals surface area (Å²) in [4.78, 5) is 0. The normalized spacial score (nSPS) is 38.2. The number of rotatable bonds is 2. The van der Waals surface area contributed by atoms with Crippen molar-refractivity contribution in [2.45, 2.75) is 243 Å². The second kappa shape index (κ2) is 38.7. The Labute approximate surface area is 703 Å². The van der Waals surface area contributed by atoms with Crippen molar-refractivity contribution in [1.29, 1.82) is 0 Å². The molecule has 0 nitrogen and oxygen atoms in total. The van der Waals surface area contributed by atoms with E-state index in [-0.39, 0.29) is 131 Å². The van der Waals surface area contributed by atoms with Crippen LogP contribution in [0.25, 0.3) is 21.9 Å². The van der Waals surface area contributed by atoms with E-state index in [9.17, 15) is 0 Å². The maximum Gasteiger partial charge on any atom is 0 e. The average molecular weight is 1610 g/mol. The minimum absolute atomic E-state index is 0. The Hall–Kier alpha value is -0.00442. The van der Waals surface area contributed by atoms with E-state index >= 15 is 0 Å². The first-order valence-corrected chi connectivity index (χ1v) is 40.3. The van der Waals surface area contributed by atoms with Gasteiger partial charge in [0.2, 0.25) is 0 Å². The summed E-state index contributed by atoms with van der Waals surface area (Å²) >= 11 is 0. The van der Waals surface area contributed by atoms with Crippen LogP contribution in [-0.4, -0.2) is 0 Å². The number of benzene rings is 3. The van der Waals surface area contributed by atoms with E-state index in [2.05, 4.69) is 72.8 Å². The van der Waals surface area contributed by atoms with Crippen LogP contribution < -0.4 is 0 Å². The van der Waals surface area contributed by atoms with Gasteiger partial charge in [-0.25, -0.2) is 0 Å². The van der Waals surface area contributed by atoms with E-state index in [1.165, 1.54) is 164 Å². The Bertz CT molecular complexity index is 3240. The predicted molar refractivity (Wildman–Crippen MR) is 401 cm³/mol. The van der Waals surface area contributed by atoms with Gasteiger partial charge in [0.1, 0.15) is 0 Å². The molecule has 24 bridgehead atoms. The minimum atomic E-state index is 0. The van der Waals surface area contributed by atoms with Crippen molar-refractivity contribution < 1.29 is 131 Å². The van der Waals surface area contributed by atoms with Gasteiger partial charge in [-0.1, -0.05) is 268 Å². The van der Waals surface area contributed by atoms with Crippen molar-refractivity contribution in [2.24, 2.45) is 136 Å². The molecule has 0 aromatic heterocycles. The largest absolute Gasteiger partial charge is 0.394 e. The van der Waals surface area contributed by atoms with Gasteiger partial charge < -0.3 is 97.2 Å². The van der Waals surface area contributed by atoms with Crippen LogP contribution in [0.4, 0.5) is 0 Å². The first-order valence-electron chi connectivity index (χ1n) is 40.3. The van der Waals surface area contributed by atoms with Crippen LogP contribution in [0.1, 0.15) is 259 Å². The molecule has 522 valence electrons. The van der Waals surface area contributed by atoms with Gasteiger partial charge in [-0.05, 0) is 168 Å². The second-order valence-electron chi connectivity index (χ2n) is 31.3. The maximum absolute atomic E-state index is 6.07. The van der Waals surface area contributed by atoms with Crippen LogP contribution in [0.15, 0.2) is 106 Å². The number of hydrogen-bond donors (Lipinski definition) is 0. The van der Waals surface area contributed by atoms with Gasteiger partial charge >= 0.3 is 0 Å². The Balaban J connectivity index is 0.000000162. The molecule has 0 heterocycles. The molecule has 0 saturated heterocycles. The van der Waals surface area contributed by atoms with Gasteiger partial charge in [-0.15, -0.1) is 48.3 Å². The maximum atomic E-state index is 6.07. The van der Waals surface area contributed by atoms with Crippen molar-refractivity contribution in [3.63, 3.8) is 0 Å². The zero-order valence-electron chi connectivity index (χ0n) is 63.5. The van der Waals surface area contributed by atoms with Crippen LogP contribution in [0.2, 0.25) is 0 Å². The summed E-state index contributed by atoms with van der Waals surface area (Å²) in [5, 5.41) is 3.01. The number of allylic oxidation sites excluding steroid dienone is 12. The van der Waals surface area contributed by atoms with E-state index in [1.54, 1.807) is 50.9 Å². The van der Waals surface area contributed by atoms with E-state index in [0.29, 0.717) is 17.8 Å². The summed E-state index contributed by atoms with van der Waals surface area (Å²) in [6, 6.07) is 23.1. The number of hydrogen-bond acceptors (Lipinski definition) is 0. The van der Waals surface area contributed by atoms with Crippen molar-refractivity contribution in [3.05, 3.63) is 180 Å². The van der Waals surface area contributed by atoms with Crippen molar-refractivity contribution in [1.82, 2.24) is 0 Å². The van der Waals surface area contributed by atoms with Gasteiger partial charge in [0, 0.05) is 131 Å². The zero-order valence-corrected chi connectivity index (χ0v) is 74.9. The molecule has 18 unspecified atom stereocenters. The van der Waals surface area contributed by atoms with E-state index < -0.39 is 0 Å². The first-order chi connectivity index (χ1) is 46.2. The van der Waals surface area contributed by atoms with Gasteiger partial charge in [0.05, 0.1) is 0 Å². The molecule has 21 saturated carbocycles. The van der Waals surface area contributed by atoms with Gasteiger partial charge in [-0.3, -0.25) is 0 Å². The molecule has 27 aliphatic rings. The van der Waals surface area contributed by atoms with Crippen molar-refractivity contribution in [2.75, 3.05) is 0 Å². The molecule has 30 rings (SSSR count). The molecule has 0 spiro atoms. The fraction of sp³-hybridized carbons (Fsp3) is 0.638. The fourth-order valence-corrected chi connectivity index (χ4v) is 25.0. The first kappa shape index (κ1) is 85.2. The summed E-state index contributed by atoms with van der Waals surface area (Å²) in [6.45, 7) is 58.8. The Morgan fingerprint density at radius 1 is 0.378 bits per heavy atom. The molecule has 3 aromatic carbocycles. The van der Waals surface area contributed by atoms with Crippen LogP contribution in [0, 0.1) is 188 Å². The molecule has 0 amide bonds. The Morgan fingerprint density at radius 3 is 1.35 bits per heavy atom. The molecule has 18 atom stereocenters. The summed E-state index contributed by atoms with van der Waals surface area (Å²) < 4.78 is 0. The molecule has 4 heteroatoms. The third kappa shape index (κ3) is 16.0. The molecule has 4 radical (unpaired) electrons. The fourth-order valence-electron chi connectivity index (χ4n) is 25.0. The van der Waals surface area contributed by atoms with Gasteiger partial charge in [-0.2, -0.15) is 0 Å². The smallest absolute Gasteiger partial charge is 0 e. The summed E-state index contributed by atoms with van der Waals surface area (Å²) in [5.41, 5.74) is 16.8. The monoisotopic (exact) mass is 1610 g/mol. The van der Waals surface area contributed by atoms with Gasteiger partial charge in [0.15, 0.2) is 0 Å². The van der Waals surface area contributed by atoms with Crippen LogP contribution >= 0.6 is 0 Å². The molecule has 0 aliphatic heterocycles. The van der Waals surface area contributed by atoms with Crippen molar-refractivity contribution >= 4 is 21.9 Å².